The highest BCUT2D eigenvalue weighted by molar-refractivity contribution is 6.31. The Morgan fingerprint density at radius 1 is 1.16 bits per heavy atom. The second-order valence-electron chi connectivity index (χ2n) is 8.39. The molecule has 2 fully saturated rings. The van der Waals surface area contributed by atoms with E-state index in [2.05, 4.69) is 23.4 Å². The van der Waals surface area contributed by atoms with Gasteiger partial charge in [-0.2, -0.15) is 0 Å². The van der Waals surface area contributed by atoms with E-state index in [4.69, 9.17) is 25.9 Å². The van der Waals surface area contributed by atoms with Crippen LogP contribution >= 0.6 is 11.6 Å². The third-order valence-electron chi connectivity index (χ3n) is 5.71. The summed E-state index contributed by atoms with van der Waals surface area (Å²) in [5, 5.41) is 15.2. The molecule has 0 spiro atoms. The average Bonchev–Trinajstić information content (AvgIpc) is 3.58. The van der Waals surface area contributed by atoms with Crippen LogP contribution in [-0.2, 0) is 16.0 Å². The molecule has 2 aromatic carbocycles. The molecule has 1 aliphatic carbocycles. The molecule has 5 nitrogen and oxygen atoms in total. The number of benzene rings is 2. The van der Waals surface area contributed by atoms with E-state index in [0.717, 1.165) is 27.5 Å². The molecule has 0 aromatic heterocycles. The molecule has 0 bridgehead atoms. The fourth-order valence-corrected chi connectivity index (χ4v) is 3.99. The Morgan fingerprint density at radius 2 is 1.97 bits per heavy atom. The van der Waals surface area contributed by atoms with Crippen LogP contribution in [0.3, 0.4) is 0 Å². The molecule has 2 aromatic rings. The highest BCUT2D eigenvalue weighted by Crippen LogP contribution is 2.34. The Hall–Kier alpha value is -2.08. The Bertz CT molecular complexity index is 882. The van der Waals surface area contributed by atoms with Crippen LogP contribution in [0.1, 0.15) is 55.4 Å². The third kappa shape index (κ3) is 6.45. The average molecular weight is 444 g/mol. The summed E-state index contributed by atoms with van der Waals surface area (Å²) in [4.78, 5) is 5.34. The highest BCUT2D eigenvalue weighted by Gasteiger charge is 2.29. The van der Waals surface area contributed by atoms with Crippen LogP contribution in [0.25, 0.3) is 0 Å². The maximum atomic E-state index is 10.4. The van der Waals surface area contributed by atoms with Crippen LogP contribution in [0.4, 0.5) is 0 Å². The largest absolute Gasteiger partial charge is 0.494 e. The van der Waals surface area contributed by atoms with Gasteiger partial charge in [0.1, 0.15) is 12.4 Å². The van der Waals surface area contributed by atoms with E-state index in [1.807, 2.05) is 31.2 Å². The van der Waals surface area contributed by atoms with Crippen LogP contribution in [0, 0.1) is 5.92 Å². The van der Waals surface area contributed by atoms with Crippen molar-refractivity contribution in [2.24, 2.45) is 11.1 Å². The minimum absolute atomic E-state index is 0.208. The van der Waals surface area contributed by atoms with E-state index in [1.165, 1.54) is 12.8 Å². The van der Waals surface area contributed by atoms with Gasteiger partial charge in [-0.25, -0.2) is 0 Å². The minimum atomic E-state index is -0.441. The van der Waals surface area contributed by atoms with Crippen molar-refractivity contribution in [1.82, 2.24) is 0 Å². The van der Waals surface area contributed by atoms with E-state index >= 15 is 0 Å². The molecule has 0 radical (unpaired) electrons. The number of ether oxygens (including phenoxy) is 2. The van der Waals surface area contributed by atoms with Crippen molar-refractivity contribution in [3.05, 3.63) is 64.2 Å². The number of halogens is 1. The van der Waals surface area contributed by atoms with Gasteiger partial charge in [-0.05, 0) is 67.0 Å². The van der Waals surface area contributed by atoms with E-state index in [9.17, 15) is 5.11 Å². The second-order valence-corrected chi connectivity index (χ2v) is 8.79. The number of aliphatic hydroxyl groups excluding tert-OH is 1. The lowest BCUT2D eigenvalue weighted by Gasteiger charge is -2.31. The van der Waals surface area contributed by atoms with Gasteiger partial charge in [-0.1, -0.05) is 41.0 Å². The fraction of sp³-hybridized carbons (Fsp3) is 0.480. The first-order valence-corrected chi connectivity index (χ1v) is 11.5. The van der Waals surface area contributed by atoms with Crippen LogP contribution in [0.2, 0.25) is 5.02 Å². The second kappa shape index (κ2) is 10.5. The van der Waals surface area contributed by atoms with Gasteiger partial charge in [0.15, 0.2) is 0 Å². The molecule has 1 N–H and O–H groups in total. The minimum Gasteiger partial charge on any atom is -0.494 e. The summed E-state index contributed by atoms with van der Waals surface area (Å²) in [6.07, 6.45) is 5.01. The van der Waals surface area contributed by atoms with Gasteiger partial charge in [-0.3, -0.25) is 0 Å². The molecule has 1 saturated carbocycles. The molecule has 0 amide bonds. The number of oxime groups is 1. The molecule has 1 heterocycles. The number of hydrogen-bond donors (Lipinski definition) is 1. The third-order valence-corrected chi connectivity index (χ3v) is 6.08. The summed E-state index contributed by atoms with van der Waals surface area (Å²) in [6.45, 7) is 3.29. The van der Waals surface area contributed by atoms with E-state index in [0.29, 0.717) is 38.4 Å². The Labute approximate surface area is 189 Å². The smallest absolute Gasteiger partial charge is 0.120 e. The quantitative estimate of drug-likeness (QED) is 0.420. The van der Waals surface area contributed by atoms with Crippen molar-refractivity contribution >= 4 is 17.8 Å². The normalized spacial score (nSPS) is 23.8. The van der Waals surface area contributed by atoms with Crippen LogP contribution < -0.4 is 4.74 Å². The highest BCUT2D eigenvalue weighted by atomic mass is 35.5. The lowest BCUT2D eigenvalue weighted by molar-refractivity contribution is -0.0691. The summed E-state index contributed by atoms with van der Waals surface area (Å²) in [5.41, 5.74) is 3.20. The lowest BCUT2D eigenvalue weighted by Crippen LogP contribution is -2.32. The van der Waals surface area contributed by atoms with Crippen molar-refractivity contribution in [2.45, 2.75) is 57.3 Å². The number of rotatable bonds is 9. The fourth-order valence-electron chi connectivity index (χ4n) is 3.81. The van der Waals surface area contributed by atoms with E-state index in [1.54, 1.807) is 6.21 Å². The maximum Gasteiger partial charge on any atom is 0.120 e. The standard InChI is InChI=1S/C25H30ClNO4/c1-2-29-22-8-5-17(6-9-22)11-20-12-19(7-10-24(20)26)25-14-21(28)13-23(31-25)15-27-30-16-18-3-4-18/h5-10,12,15,18,21,23,25,28H,2-4,11,13-14,16H2,1H3. The molecule has 3 unspecified atom stereocenters. The maximum absolute atomic E-state index is 10.4. The van der Waals surface area contributed by atoms with Crippen LogP contribution in [0.15, 0.2) is 47.6 Å². The molecule has 1 aliphatic heterocycles. The van der Waals surface area contributed by atoms with Gasteiger partial charge >= 0.3 is 0 Å². The Kier molecular flexibility index (Phi) is 7.49. The summed E-state index contributed by atoms with van der Waals surface area (Å²) in [6, 6.07) is 14.0. The molecule has 6 heteroatoms. The lowest BCUT2D eigenvalue weighted by atomic mass is 9.94. The summed E-state index contributed by atoms with van der Waals surface area (Å²) in [5.74, 6) is 1.52. The van der Waals surface area contributed by atoms with Crippen LogP contribution in [-0.4, -0.2) is 36.7 Å². The van der Waals surface area contributed by atoms with Gasteiger partial charge < -0.3 is 19.4 Å². The Morgan fingerprint density at radius 3 is 2.71 bits per heavy atom. The van der Waals surface area contributed by atoms with Gasteiger partial charge in [-0.15, -0.1) is 0 Å². The summed E-state index contributed by atoms with van der Waals surface area (Å²) in [7, 11) is 0. The number of nitrogens with zero attached hydrogens (tertiary/aromatic N) is 1. The zero-order valence-corrected chi connectivity index (χ0v) is 18.6. The zero-order chi connectivity index (χ0) is 21.6. The van der Waals surface area contributed by atoms with Crippen molar-refractivity contribution in [1.29, 1.82) is 0 Å². The van der Waals surface area contributed by atoms with E-state index in [-0.39, 0.29) is 12.2 Å². The van der Waals surface area contributed by atoms with Gasteiger partial charge in [0, 0.05) is 17.9 Å². The predicted molar refractivity (Wildman–Crippen MR) is 122 cm³/mol. The molecule has 31 heavy (non-hydrogen) atoms. The monoisotopic (exact) mass is 443 g/mol. The van der Waals surface area contributed by atoms with Crippen molar-refractivity contribution < 1.29 is 19.4 Å². The predicted octanol–water partition coefficient (Wildman–Crippen LogP) is 5.32. The van der Waals surface area contributed by atoms with Crippen molar-refractivity contribution in [2.75, 3.05) is 13.2 Å². The Balaban J connectivity index is 1.42. The number of hydrogen-bond acceptors (Lipinski definition) is 5. The zero-order valence-electron chi connectivity index (χ0n) is 17.9. The van der Waals surface area contributed by atoms with Gasteiger partial charge in [0.05, 0.1) is 31.1 Å². The topological polar surface area (TPSA) is 60.3 Å². The first-order valence-electron chi connectivity index (χ1n) is 11.1. The first kappa shape index (κ1) is 22.1. The molecular formula is C25H30ClNO4. The molecule has 4 rings (SSSR count). The molecule has 3 atom stereocenters. The van der Waals surface area contributed by atoms with Crippen molar-refractivity contribution in [3.63, 3.8) is 0 Å². The molecular weight excluding hydrogens is 414 g/mol. The van der Waals surface area contributed by atoms with Crippen molar-refractivity contribution in [3.8, 4) is 5.75 Å². The summed E-state index contributed by atoms with van der Waals surface area (Å²) >= 11 is 6.49. The first-order chi connectivity index (χ1) is 15.1. The molecule has 1 saturated heterocycles. The van der Waals surface area contributed by atoms with E-state index < -0.39 is 6.10 Å². The van der Waals surface area contributed by atoms with Gasteiger partial charge in [0.2, 0.25) is 0 Å². The molecule has 166 valence electrons. The number of aliphatic hydroxyl groups is 1. The SMILES string of the molecule is CCOc1ccc(Cc2cc(C3CC(O)CC(C=NOCC4CC4)O3)ccc2Cl)cc1. The summed E-state index contributed by atoms with van der Waals surface area (Å²) < 4.78 is 11.7. The van der Waals surface area contributed by atoms with Gasteiger partial charge in [0.25, 0.3) is 0 Å². The van der Waals surface area contributed by atoms with Crippen LogP contribution in [0.5, 0.6) is 5.75 Å². The molecule has 2 aliphatic rings.